The highest BCUT2D eigenvalue weighted by atomic mass is 32.1. The second kappa shape index (κ2) is 10.9. The van der Waals surface area contributed by atoms with Gasteiger partial charge in [-0.3, -0.25) is 9.59 Å². The quantitative estimate of drug-likeness (QED) is 0.325. The maximum Gasteiger partial charge on any atom is 0.274 e. The molecule has 3 heterocycles. The molecule has 0 saturated carbocycles. The minimum Gasteiger partial charge on any atom is -0.483 e. The molecular formula is C30H29F2N3O4S. The summed E-state index contributed by atoms with van der Waals surface area (Å²) in [6.45, 7) is 5.58. The van der Waals surface area contributed by atoms with Crippen LogP contribution >= 0.6 is 11.3 Å². The summed E-state index contributed by atoms with van der Waals surface area (Å²) in [6, 6.07) is 12.5. The number of carbonyl (C=O) groups excluding carboxylic acids is 1. The van der Waals surface area contributed by atoms with E-state index in [9.17, 15) is 23.5 Å². The number of fused-ring (bicyclic) bond motifs is 1. The molecular weight excluding hydrogens is 536 g/mol. The average Bonchev–Trinajstić information content (AvgIpc) is 3.40. The van der Waals surface area contributed by atoms with E-state index in [0.29, 0.717) is 15.4 Å². The Labute approximate surface area is 234 Å². The number of aromatic nitrogens is 2. The minimum absolute atomic E-state index is 0.0598. The van der Waals surface area contributed by atoms with Crippen LogP contribution in [0, 0.1) is 11.6 Å². The molecule has 1 aliphatic heterocycles. The van der Waals surface area contributed by atoms with Crippen molar-refractivity contribution in [1.82, 2.24) is 14.5 Å². The van der Waals surface area contributed by atoms with E-state index in [1.165, 1.54) is 23.5 Å². The van der Waals surface area contributed by atoms with Crippen molar-refractivity contribution in [2.45, 2.75) is 45.4 Å². The number of halogens is 2. The van der Waals surface area contributed by atoms with Gasteiger partial charge in [0.05, 0.1) is 17.7 Å². The van der Waals surface area contributed by atoms with Gasteiger partial charge in [-0.15, -0.1) is 11.3 Å². The van der Waals surface area contributed by atoms with Gasteiger partial charge < -0.3 is 19.3 Å². The van der Waals surface area contributed by atoms with Crippen LogP contribution in [0.3, 0.4) is 0 Å². The first-order chi connectivity index (χ1) is 19.1. The number of aliphatic hydroxyl groups is 1. The predicted octanol–water partition coefficient (Wildman–Crippen LogP) is 4.99. The molecule has 7 nitrogen and oxygen atoms in total. The molecule has 0 radical (unpaired) electrons. The van der Waals surface area contributed by atoms with Crippen LogP contribution in [0.1, 0.15) is 47.3 Å². The molecule has 0 bridgehead atoms. The topological polar surface area (TPSA) is 84.7 Å². The first-order valence-corrected chi connectivity index (χ1v) is 13.7. The number of hydrogen-bond donors (Lipinski definition) is 1. The third-order valence-corrected chi connectivity index (χ3v) is 8.11. The average molecular weight is 566 g/mol. The molecule has 0 fully saturated rings. The Morgan fingerprint density at radius 3 is 2.58 bits per heavy atom. The fraction of sp³-hybridized carbons (Fsp3) is 0.300. The molecule has 0 aliphatic carbocycles. The highest BCUT2D eigenvalue weighted by Gasteiger charge is 2.43. The van der Waals surface area contributed by atoms with Gasteiger partial charge in [0.2, 0.25) is 5.43 Å². The fourth-order valence-electron chi connectivity index (χ4n) is 4.79. The molecule has 0 saturated heterocycles. The van der Waals surface area contributed by atoms with Crippen LogP contribution < -0.4 is 10.2 Å². The second-order valence-corrected chi connectivity index (χ2v) is 11.5. The van der Waals surface area contributed by atoms with Crippen molar-refractivity contribution >= 4 is 17.2 Å². The number of carbonyl (C=O) groups is 1. The summed E-state index contributed by atoms with van der Waals surface area (Å²) in [6.07, 6.45) is 3.28. The van der Waals surface area contributed by atoms with Crippen LogP contribution in [0.5, 0.6) is 5.75 Å². The number of pyridine rings is 1. The lowest BCUT2D eigenvalue weighted by Gasteiger charge is -2.44. The number of amides is 1. The number of nitrogens with zero attached hydrogens (tertiary/aromatic N) is 3. The maximum absolute atomic E-state index is 14.3. The van der Waals surface area contributed by atoms with Gasteiger partial charge in [0.15, 0.2) is 11.4 Å². The molecule has 5 rings (SSSR count). The zero-order valence-corrected chi connectivity index (χ0v) is 23.2. The highest BCUT2D eigenvalue weighted by molar-refractivity contribution is 7.15. The van der Waals surface area contributed by atoms with E-state index in [1.807, 2.05) is 51.1 Å². The maximum atomic E-state index is 14.3. The molecule has 1 atom stereocenters. The number of thiazole rings is 1. The third-order valence-electron chi connectivity index (χ3n) is 7.07. The van der Waals surface area contributed by atoms with Crippen molar-refractivity contribution in [3.63, 3.8) is 0 Å². The predicted molar refractivity (Wildman–Crippen MR) is 149 cm³/mol. The largest absolute Gasteiger partial charge is 0.483 e. The summed E-state index contributed by atoms with van der Waals surface area (Å²) in [5.74, 6) is -1.79. The molecule has 4 aromatic rings. The Kier molecular flexibility index (Phi) is 7.57. The molecule has 1 unspecified atom stereocenters. The molecule has 2 aromatic heterocycles. The van der Waals surface area contributed by atoms with Gasteiger partial charge in [0, 0.05) is 42.3 Å². The molecule has 40 heavy (non-hydrogen) atoms. The number of aliphatic hydroxyl groups excluding tert-OH is 1. The van der Waals surface area contributed by atoms with Crippen molar-refractivity contribution in [2.24, 2.45) is 0 Å². The molecule has 10 heteroatoms. The Morgan fingerprint density at radius 2 is 1.90 bits per heavy atom. The Morgan fingerprint density at radius 1 is 1.15 bits per heavy atom. The summed E-state index contributed by atoms with van der Waals surface area (Å²) in [7, 11) is 0. The number of hydrogen-bond acceptors (Lipinski definition) is 6. The van der Waals surface area contributed by atoms with Crippen LogP contribution in [0.25, 0.3) is 10.6 Å². The van der Waals surface area contributed by atoms with Crippen molar-refractivity contribution in [1.29, 1.82) is 0 Å². The SMILES string of the molecule is CC(C)N1CC(C)(CO)n2cc(-c3ncc(Cc4ccc(F)cc4F)s3)c(=O)c(OCc3ccccc3)c2C1=O. The van der Waals surface area contributed by atoms with Gasteiger partial charge in [-0.2, -0.15) is 0 Å². The smallest absolute Gasteiger partial charge is 0.274 e. The van der Waals surface area contributed by atoms with E-state index in [4.69, 9.17) is 4.74 Å². The Bertz CT molecular complexity index is 1620. The second-order valence-electron chi connectivity index (χ2n) is 10.4. The van der Waals surface area contributed by atoms with Crippen LogP contribution in [-0.2, 0) is 18.6 Å². The molecule has 208 valence electrons. The van der Waals surface area contributed by atoms with Crippen LogP contribution in [0.15, 0.2) is 65.7 Å². The van der Waals surface area contributed by atoms with Crippen LogP contribution in [0.4, 0.5) is 8.78 Å². The zero-order chi connectivity index (χ0) is 28.6. The van der Waals surface area contributed by atoms with Crippen molar-refractivity contribution in [2.75, 3.05) is 13.2 Å². The summed E-state index contributed by atoms with van der Waals surface area (Å²) in [4.78, 5) is 34.3. The Balaban J connectivity index is 1.62. The van der Waals surface area contributed by atoms with Gasteiger partial charge in [-0.1, -0.05) is 36.4 Å². The van der Waals surface area contributed by atoms with E-state index in [0.717, 1.165) is 11.6 Å². The first kappa shape index (κ1) is 27.7. The summed E-state index contributed by atoms with van der Waals surface area (Å²) < 4.78 is 35.3. The molecule has 1 aliphatic rings. The van der Waals surface area contributed by atoms with E-state index < -0.39 is 22.6 Å². The van der Waals surface area contributed by atoms with Gasteiger partial charge >= 0.3 is 0 Å². The normalized spacial score (nSPS) is 16.9. The van der Waals surface area contributed by atoms with Gasteiger partial charge in [-0.05, 0) is 38.0 Å². The van der Waals surface area contributed by atoms with Crippen molar-refractivity contribution < 1.29 is 23.4 Å². The lowest BCUT2D eigenvalue weighted by Crippen LogP contribution is -2.57. The monoisotopic (exact) mass is 565 g/mol. The van der Waals surface area contributed by atoms with Crippen molar-refractivity contribution in [3.8, 4) is 16.3 Å². The lowest BCUT2D eigenvalue weighted by atomic mass is 9.95. The van der Waals surface area contributed by atoms with E-state index in [-0.39, 0.29) is 55.1 Å². The lowest BCUT2D eigenvalue weighted by molar-refractivity contribution is 0.0345. The molecule has 1 N–H and O–H groups in total. The van der Waals surface area contributed by atoms with E-state index in [2.05, 4.69) is 4.98 Å². The number of ether oxygens (including phenoxy) is 1. The Hall–Kier alpha value is -3.89. The highest BCUT2D eigenvalue weighted by Crippen LogP contribution is 2.35. The van der Waals surface area contributed by atoms with Crippen LogP contribution in [0.2, 0.25) is 0 Å². The van der Waals surface area contributed by atoms with Crippen LogP contribution in [-0.4, -0.2) is 44.7 Å². The fourth-order valence-corrected chi connectivity index (χ4v) is 5.74. The number of benzene rings is 2. The zero-order valence-electron chi connectivity index (χ0n) is 22.4. The van der Waals surface area contributed by atoms with E-state index in [1.54, 1.807) is 21.9 Å². The van der Waals surface area contributed by atoms with Gasteiger partial charge in [-0.25, -0.2) is 13.8 Å². The van der Waals surface area contributed by atoms with Crippen molar-refractivity contribution in [3.05, 3.63) is 104 Å². The summed E-state index contributed by atoms with van der Waals surface area (Å²) in [5.41, 5.74) is -0.0385. The van der Waals surface area contributed by atoms with Gasteiger partial charge in [0.25, 0.3) is 5.91 Å². The third kappa shape index (κ3) is 5.16. The summed E-state index contributed by atoms with van der Waals surface area (Å²) in [5, 5.41) is 10.8. The number of rotatable bonds is 8. The van der Waals surface area contributed by atoms with E-state index >= 15 is 0 Å². The van der Waals surface area contributed by atoms with Gasteiger partial charge in [0.1, 0.15) is 23.2 Å². The molecule has 2 aromatic carbocycles. The first-order valence-electron chi connectivity index (χ1n) is 12.9. The summed E-state index contributed by atoms with van der Waals surface area (Å²) >= 11 is 1.20. The standard InChI is InChI=1S/C30H29F2N3O4S/c1-18(2)34-16-30(3,17-36)35-14-23(28-33-13-22(40-28)11-20-9-10-21(31)12-24(20)32)26(37)27(25(35)29(34)38)39-15-19-7-5-4-6-8-19/h4-10,12-14,18,36H,11,15-17H2,1-3H3. The molecule has 1 amide bonds. The molecule has 0 spiro atoms. The minimum atomic E-state index is -0.932.